The highest BCUT2D eigenvalue weighted by Crippen LogP contribution is 2.19. The maximum absolute atomic E-state index is 12.0. The molecule has 0 aliphatic heterocycles. The summed E-state index contributed by atoms with van der Waals surface area (Å²) in [6.07, 6.45) is 0. The van der Waals surface area contributed by atoms with Crippen LogP contribution in [0.3, 0.4) is 0 Å². The first kappa shape index (κ1) is 14.9. The van der Waals surface area contributed by atoms with E-state index >= 15 is 0 Å². The molecule has 7 heteroatoms. The van der Waals surface area contributed by atoms with Crippen molar-refractivity contribution in [3.8, 4) is 17.1 Å². The van der Waals surface area contributed by atoms with Gasteiger partial charge in [0.15, 0.2) is 0 Å². The fourth-order valence-corrected chi connectivity index (χ4v) is 3.24. The first-order valence-electron chi connectivity index (χ1n) is 6.69. The van der Waals surface area contributed by atoms with Crippen LogP contribution < -0.4 is 4.74 Å². The molecule has 114 valence electrons. The zero-order valence-electron chi connectivity index (χ0n) is 11.7. The highest BCUT2D eigenvalue weighted by atomic mass is 32.2. The highest BCUT2D eigenvalue weighted by Gasteiger charge is 2.12. The monoisotopic (exact) mass is 334 g/mol. The van der Waals surface area contributed by atoms with Gasteiger partial charge >= 0.3 is 0 Å². The second-order valence-electron chi connectivity index (χ2n) is 4.47. The van der Waals surface area contributed by atoms with Crippen LogP contribution in [0.15, 0.2) is 51.7 Å². The van der Waals surface area contributed by atoms with Crippen molar-refractivity contribution in [1.29, 1.82) is 0 Å². The van der Waals surface area contributed by atoms with Crippen molar-refractivity contribution in [3.63, 3.8) is 0 Å². The minimum atomic E-state index is -1.10. The SMILES string of the molecule is O=S(CCOc1ccccc1)Cc1nc(-c2ccsc2)no1. The molecule has 22 heavy (non-hydrogen) atoms. The predicted octanol–water partition coefficient (Wildman–Crippen LogP) is 3.13. The average molecular weight is 334 g/mol. The van der Waals surface area contributed by atoms with Crippen molar-refractivity contribution in [1.82, 2.24) is 10.1 Å². The van der Waals surface area contributed by atoms with Crippen LogP contribution in [0.1, 0.15) is 5.89 Å². The first-order chi connectivity index (χ1) is 10.8. The Morgan fingerprint density at radius 2 is 2.09 bits per heavy atom. The van der Waals surface area contributed by atoms with Crippen molar-refractivity contribution in [2.45, 2.75) is 5.75 Å². The Labute approximate surface area is 134 Å². The van der Waals surface area contributed by atoms with E-state index in [-0.39, 0.29) is 5.75 Å². The minimum absolute atomic E-state index is 0.245. The van der Waals surface area contributed by atoms with Gasteiger partial charge in [0, 0.05) is 21.7 Å². The molecule has 0 bridgehead atoms. The van der Waals surface area contributed by atoms with E-state index in [9.17, 15) is 4.21 Å². The van der Waals surface area contributed by atoms with Gasteiger partial charge in [-0.25, -0.2) is 0 Å². The molecule has 1 atom stereocenters. The van der Waals surface area contributed by atoms with Crippen LogP contribution in [0.4, 0.5) is 0 Å². The van der Waals surface area contributed by atoms with Gasteiger partial charge in [0.05, 0.1) is 12.4 Å². The van der Waals surface area contributed by atoms with E-state index in [0.29, 0.717) is 24.1 Å². The second kappa shape index (κ2) is 7.33. The van der Waals surface area contributed by atoms with Crippen LogP contribution in [0, 0.1) is 0 Å². The van der Waals surface area contributed by atoms with Gasteiger partial charge in [0.1, 0.15) is 11.5 Å². The Bertz CT molecular complexity index is 726. The van der Waals surface area contributed by atoms with E-state index in [1.54, 1.807) is 11.3 Å². The summed E-state index contributed by atoms with van der Waals surface area (Å²) in [7, 11) is -1.10. The quantitative estimate of drug-likeness (QED) is 0.664. The standard InChI is InChI=1S/C15H14N2O3S2/c18-22(9-7-19-13-4-2-1-3-5-13)11-14-16-15(17-20-14)12-6-8-21-10-12/h1-6,8,10H,7,9,11H2. The van der Waals surface area contributed by atoms with E-state index in [1.807, 2.05) is 47.2 Å². The maximum atomic E-state index is 12.0. The van der Waals surface area contributed by atoms with Gasteiger partial charge in [0.2, 0.25) is 11.7 Å². The fraction of sp³-hybridized carbons (Fsp3) is 0.200. The second-order valence-corrected chi connectivity index (χ2v) is 6.83. The summed E-state index contributed by atoms with van der Waals surface area (Å²) in [5.41, 5.74) is 0.915. The third-order valence-electron chi connectivity index (χ3n) is 2.85. The number of hydrogen-bond acceptors (Lipinski definition) is 6. The van der Waals surface area contributed by atoms with Gasteiger partial charge in [-0.15, -0.1) is 0 Å². The topological polar surface area (TPSA) is 65.2 Å². The zero-order valence-corrected chi connectivity index (χ0v) is 13.3. The molecule has 0 saturated heterocycles. The lowest BCUT2D eigenvalue weighted by molar-refractivity contribution is 0.342. The third kappa shape index (κ3) is 4.02. The summed E-state index contributed by atoms with van der Waals surface area (Å²) in [5.74, 6) is 2.37. The van der Waals surface area contributed by atoms with Crippen molar-refractivity contribution < 1.29 is 13.5 Å². The lowest BCUT2D eigenvalue weighted by Gasteiger charge is -2.04. The molecule has 0 amide bonds. The van der Waals surface area contributed by atoms with Crippen LogP contribution in [-0.4, -0.2) is 26.7 Å². The smallest absolute Gasteiger partial charge is 0.239 e. The molecule has 0 fully saturated rings. The molecule has 3 rings (SSSR count). The third-order valence-corrected chi connectivity index (χ3v) is 4.73. The molecule has 2 heterocycles. The van der Waals surface area contributed by atoms with Crippen molar-refractivity contribution in [3.05, 3.63) is 53.0 Å². The predicted molar refractivity (Wildman–Crippen MR) is 86.3 cm³/mol. The number of nitrogens with zero attached hydrogens (tertiary/aromatic N) is 2. The number of thiophene rings is 1. The van der Waals surface area contributed by atoms with E-state index in [1.165, 1.54) is 0 Å². The van der Waals surface area contributed by atoms with Gasteiger partial charge in [0.25, 0.3) is 0 Å². The first-order valence-corrected chi connectivity index (χ1v) is 9.12. The summed E-state index contributed by atoms with van der Waals surface area (Å²) >= 11 is 1.57. The molecule has 0 saturated carbocycles. The number of ether oxygens (including phenoxy) is 1. The molecule has 1 aromatic carbocycles. The Morgan fingerprint density at radius 1 is 1.23 bits per heavy atom. The molecule has 3 aromatic rings. The number of rotatable bonds is 7. The molecule has 0 aliphatic rings. The van der Waals surface area contributed by atoms with Gasteiger partial charge in [-0.1, -0.05) is 23.4 Å². The largest absolute Gasteiger partial charge is 0.493 e. The number of hydrogen-bond donors (Lipinski definition) is 0. The lowest BCUT2D eigenvalue weighted by Crippen LogP contribution is -2.10. The summed E-state index contributed by atoms with van der Waals surface area (Å²) in [6, 6.07) is 11.4. The Morgan fingerprint density at radius 3 is 2.86 bits per heavy atom. The summed E-state index contributed by atoms with van der Waals surface area (Å²) in [5, 5.41) is 7.79. The lowest BCUT2D eigenvalue weighted by atomic mass is 10.3. The summed E-state index contributed by atoms with van der Waals surface area (Å²) < 4.78 is 22.7. The molecular weight excluding hydrogens is 320 g/mol. The zero-order chi connectivity index (χ0) is 15.2. The van der Waals surface area contributed by atoms with Gasteiger partial charge < -0.3 is 9.26 Å². The van der Waals surface area contributed by atoms with Crippen LogP contribution >= 0.6 is 11.3 Å². The molecule has 1 unspecified atom stereocenters. The van der Waals surface area contributed by atoms with E-state index in [2.05, 4.69) is 10.1 Å². The fourth-order valence-electron chi connectivity index (χ4n) is 1.80. The maximum Gasteiger partial charge on any atom is 0.239 e. The average Bonchev–Trinajstić information content (AvgIpc) is 3.19. The Kier molecular flexibility index (Phi) is 4.97. The number of para-hydroxylation sites is 1. The van der Waals surface area contributed by atoms with E-state index in [0.717, 1.165) is 11.3 Å². The van der Waals surface area contributed by atoms with Crippen LogP contribution in [0.5, 0.6) is 5.75 Å². The van der Waals surface area contributed by atoms with Crippen molar-refractivity contribution >= 4 is 22.1 Å². The molecule has 5 nitrogen and oxygen atoms in total. The van der Waals surface area contributed by atoms with E-state index < -0.39 is 10.8 Å². The molecule has 0 N–H and O–H groups in total. The van der Waals surface area contributed by atoms with Crippen LogP contribution in [0.25, 0.3) is 11.4 Å². The summed E-state index contributed by atoms with van der Waals surface area (Å²) in [6.45, 7) is 0.391. The van der Waals surface area contributed by atoms with Crippen LogP contribution in [-0.2, 0) is 16.6 Å². The normalized spacial score (nSPS) is 12.2. The van der Waals surface area contributed by atoms with Crippen molar-refractivity contribution in [2.75, 3.05) is 12.4 Å². The van der Waals surface area contributed by atoms with Gasteiger partial charge in [-0.2, -0.15) is 16.3 Å². The number of aromatic nitrogens is 2. The highest BCUT2D eigenvalue weighted by molar-refractivity contribution is 7.84. The molecule has 0 aliphatic carbocycles. The van der Waals surface area contributed by atoms with E-state index in [4.69, 9.17) is 9.26 Å². The molecular formula is C15H14N2O3S2. The molecule has 2 aromatic heterocycles. The minimum Gasteiger partial charge on any atom is -0.493 e. The van der Waals surface area contributed by atoms with Crippen molar-refractivity contribution in [2.24, 2.45) is 0 Å². The Hall–Kier alpha value is -1.99. The Balaban J connectivity index is 1.48. The molecule has 0 radical (unpaired) electrons. The summed E-state index contributed by atoms with van der Waals surface area (Å²) in [4.78, 5) is 4.25. The number of benzene rings is 1. The molecule has 0 spiro atoms. The van der Waals surface area contributed by atoms with Gasteiger partial charge in [-0.3, -0.25) is 4.21 Å². The van der Waals surface area contributed by atoms with Gasteiger partial charge in [-0.05, 0) is 23.6 Å². The van der Waals surface area contributed by atoms with Crippen LogP contribution in [0.2, 0.25) is 0 Å².